The van der Waals surface area contributed by atoms with E-state index in [1.807, 2.05) is 24.3 Å². The first-order valence-electron chi connectivity index (χ1n) is 8.94. The van der Waals surface area contributed by atoms with E-state index in [1.54, 1.807) is 0 Å². The van der Waals surface area contributed by atoms with Gasteiger partial charge < -0.3 is 10.2 Å². The molecule has 8 heteroatoms. The number of nitrogens with one attached hydrogen (secondary N) is 2. The van der Waals surface area contributed by atoms with Crippen LogP contribution >= 0.6 is 11.6 Å². The second-order valence-corrected chi connectivity index (χ2v) is 9.23. The monoisotopic (exact) mass is 409 g/mol. The van der Waals surface area contributed by atoms with Crippen LogP contribution in [0.15, 0.2) is 47.4 Å². The predicted octanol–water partition coefficient (Wildman–Crippen LogP) is 3.22. The van der Waals surface area contributed by atoms with Crippen LogP contribution in [0.5, 0.6) is 0 Å². The Kier molecular flexibility index (Phi) is 4.88. The number of hydrogen-bond acceptors (Lipinski definition) is 4. The van der Waals surface area contributed by atoms with Crippen LogP contribution in [-0.4, -0.2) is 38.6 Å². The summed E-state index contributed by atoms with van der Waals surface area (Å²) in [5.74, 6) is -0.540. The van der Waals surface area contributed by atoms with E-state index in [2.05, 4.69) is 14.9 Å². The Morgan fingerprint density at radius 2 is 1.81 bits per heavy atom. The van der Waals surface area contributed by atoms with Crippen LogP contribution in [0.25, 0.3) is 0 Å². The van der Waals surface area contributed by atoms with Crippen molar-refractivity contribution in [2.24, 2.45) is 0 Å². The number of anilines is 1. The summed E-state index contributed by atoms with van der Waals surface area (Å²) in [7, 11) is -3.73. The summed E-state index contributed by atoms with van der Waals surface area (Å²) in [6.45, 7) is 2.34. The molecule has 1 spiro atoms. The van der Waals surface area contributed by atoms with Gasteiger partial charge in [-0.1, -0.05) is 29.8 Å². The molecule has 4 rings (SSSR count). The molecule has 0 aliphatic carbocycles. The number of nitrogens with zero attached hydrogens (tertiary/aromatic N) is 1. The standard InChI is InChI=1S/C19H21ClFN3O2S/c20-15-6-4-14(5-7-15)8-11-24-12-9-19(10-13-24)22-18-16(21)2-1-3-17(18)27(25,26)23-19/h1-7,22-23H,8-13H2. The van der Waals surface area contributed by atoms with E-state index in [0.717, 1.165) is 31.1 Å². The van der Waals surface area contributed by atoms with Crippen molar-refractivity contribution in [2.75, 3.05) is 25.0 Å². The highest BCUT2D eigenvalue weighted by Gasteiger charge is 2.43. The van der Waals surface area contributed by atoms with Gasteiger partial charge in [-0.05, 0) is 49.1 Å². The second-order valence-electron chi connectivity index (χ2n) is 7.14. The quantitative estimate of drug-likeness (QED) is 0.817. The van der Waals surface area contributed by atoms with Crippen LogP contribution in [-0.2, 0) is 16.4 Å². The number of likely N-dealkylation sites (tertiary alicyclic amines) is 1. The summed E-state index contributed by atoms with van der Waals surface area (Å²) in [5.41, 5.74) is 0.461. The molecule has 0 atom stereocenters. The average molecular weight is 410 g/mol. The topological polar surface area (TPSA) is 61.4 Å². The van der Waals surface area contributed by atoms with Crippen LogP contribution in [0, 0.1) is 5.82 Å². The molecule has 2 aromatic rings. The van der Waals surface area contributed by atoms with Crippen molar-refractivity contribution < 1.29 is 12.8 Å². The van der Waals surface area contributed by atoms with E-state index in [0.29, 0.717) is 12.8 Å². The Labute approximate surface area is 163 Å². The summed E-state index contributed by atoms with van der Waals surface area (Å²) in [6, 6.07) is 11.9. The molecule has 2 aliphatic rings. The molecule has 0 unspecified atom stereocenters. The fraction of sp³-hybridized carbons (Fsp3) is 0.368. The molecule has 0 aromatic heterocycles. The third-order valence-corrected chi connectivity index (χ3v) is 7.13. The smallest absolute Gasteiger partial charge is 0.244 e. The zero-order valence-electron chi connectivity index (χ0n) is 14.7. The van der Waals surface area contributed by atoms with Gasteiger partial charge in [-0.25, -0.2) is 12.8 Å². The van der Waals surface area contributed by atoms with Crippen molar-refractivity contribution in [2.45, 2.75) is 29.8 Å². The van der Waals surface area contributed by atoms with E-state index in [9.17, 15) is 12.8 Å². The largest absolute Gasteiger partial charge is 0.363 e. The maximum atomic E-state index is 14.2. The van der Waals surface area contributed by atoms with Gasteiger partial charge in [0.25, 0.3) is 0 Å². The highest BCUT2D eigenvalue weighted by molar-refractivity contribution is 7.89. The summed E-state index contributed by atoms with van der Waals surface area (Å²) < 4.78 is 42.1. The van der Waals surface area contributed by atoms with Crippen molar-refractivity contribution >= 4 is 27.3 Å². The van der Waals surface area contributed by atoms with E-state index in [-0.39, 0.29) is 10.6 Å². The molecule has 1 fully saturated rings. The van der Waals surface area contributed by atoms with Crippen molar-refractivity contribution in [1.29, 1.82) is 0 Å². The summed E-state index contributed by atoms with van der Waals surface area (Å²) in [6.07, 6.45) is 2.04. The van der Waals surface area contributed by atoms with Crippen molar-refractivity contribution in [3.8, 4) is 0 Å². The third-order valence-electron chi connectivity index (χ3n) is 5.30. The number of halogens is 2. The number of para-hydroxylation sites is 1. The number of fused-ring (bicyclic) bond motifs is 1. The van der Waals surface area contributed by atoms with E-state index >= 15 is 0 Å². The Hall–Kier alpha value is -1.67. The van der Waals surface area contributed by atoms with E-state index in [4.69, 9.17) is 11.6 Å². The number of benzene rings is 2. The second kappa shape index (κ2) is 7.05. The Morgan fingerprint density at radius 3 is 2.52 bits per heavy atom. The van der Waals surface area contributed by atoms with Crippen LogP contribution in [0.4, 0.5) is 10.1 Å². The van der Waals surface area contributed by atoms with E-state index < -0.39 is 21.5 Å². The molecule has 5 nitrogen and oxygen atoms in total. The molecule has 0 bridgehead atoms. The van der Waals surface area contributed by atoms with Crippen LogP contribution in [0.1, 0.15) is 18.4 Å². The fourth-order valence-corrected chi connectivity index (χ4v) is 5.43. The summed E-state index contributed by atoms with van der Waals surface area (Å²) in [4.78, 5) is 2.27. The Bertz CT molecular complexity index is 942. The zero-order chi connectivity index (χ0) is 19.1. The minimum atomic E-state index is -3.73. The number of piperidine rings is 1. The molecule has 2 N–H and O–H groups in total. The minimum Gasteiger partial charge on any atom is -0.363 e. The van der Waals surface area contributed by atoms with Crippen LogP contribution < -0.4 is 10.0 Å². The number of sulfonamides is 1. The molecule has 144 valence electrons. The maximum absolute atomic E-state index is 14.2. The Balaban J connectivity index is 1.43. The first-order valence-corrected chi connectivity index (χ1v) is 10.8. The van der Waals surface area contributed by atoms with Gasteiger partial charge in [-0.15, -0.1) is 0 Å². The summed E-state index contributed by atoms with van der Waals surface area (Å²) >= 11 is 5.91. The molecule has 2 aromatic carbocycles. The molecule has 0 amide bonds. The molecule has 0 radical (unpaired) electrons. The maximum Gasteiger partial charge on any atom is 0.244 e. The third kappa shape index (κ3) is 3.82. The Morgan fingerprint density at radius 1 is 1.11 bits per heavy atom. The van der Waals surface area contributed by atoms with Crippen molar-refractivity contribution in [3.05, 3.63) is 58.9 Å². The van der Waals surface area contributed by atoms with Gasteiger partial charge in [-0.2, -0.15) is 4.72 Å². The molecular weight excluding hydrogens is 389 g/mol. The van der Waals surface area contributed by atoms with E-state index in [1.165, 1.54) is 23.8 Å². The molecular formula is C19H21ClFN3O2S. The SMILES string of the molecule is O=S1(=O)NC2(CCN(CCc3ccc(Cl)cc3)CC2)Nc2c(F)cccc21. The highest BCUT2D eigenvalue weighted by Crippen LogP contribution is 2.36. The number of rotatable bonds is 3. The van der Waals surface area contributed by atoms with Gasteiger partial charge in [0, 0.05) is 24.7 Å². The fourth-order valence-electron chi connectivity index (χ4n) is 3.75. The highest BCUT2D eigenvalue weighted by atomic mass is 35.5. The normalized spacial score (nSPS) is 20.8. The molecule has 1 saturated heterocycles. The van der Waals surface area contributed by atoms with Crippen LogP contribution in [0.2, 0.25) is 5.02 Å². The zero-order valence-corrected chi connectivity index (χ0v) is 16.3. The van der Waals surface area contributed by atoms with Gasteiger partial charge in [0.1, 0.15) is 16.4 Å². The lowest BCUT2D eigenvalue weighted by molar-refractivity contribution is 0.166. The van der Waals surface area contributed by atoms with Crippen molar-refractivity contribution in [1.82, 2.24) is 9.62 Å². The molecule has 0 saturated carbocycles. The minimum absolute atomic E-state index is 0.0294. The first kappa shape index (κ1) is 18.7. The predicted molar refractivity (Wildman–Crippen MR) is 104 cm³/mol. The molecule has 2 heterocycles. The lowest BCUT2D eigenvalue weighted by Gasteiger charge is -2.45. The van der Waals surface area contributed by atoms with Gasteiger partial charge in [0.2, 0.25) is 10.0 Å². The lowest BCUT2D eigenvalue weighted by atomic mass is 9.96. The van der Waals surface area contributed by atoms with Gasteiger partial charge in [-0.3, -0.25) is 0 Å². The average Bonchev–Trinajstić information content (AvgIpc) is 2.63. The van der Waals surface area contributed by atoms with Gasteiger partial charge in [0.05, 0.1) is 5.69 Å². The van der Waals surface area contributed by atoms with Crippen LogP contribution in [0.3, 0.4) is 0 Å². The lowest BCUT2D eigenvalue weighted by Crippen LogP contribution is -2.62. The molecule has 27 heavy (non-hydrogen) atoms. The van der Waals surface area contributed by atoms with Crippen molar-refractivity contribution in [3.63, 3.8) is 0 Å². The molecule has 2 aliphatic heterocycles. The van der Waals surface area contributed by atoms with Gasteiger partial charge in [0.15, 0.2) is 0 Å². The summed E-state index contributed by atoms with van der Waals surface area (Å²) in [5, 5.41) is 3.85. The van der Waals surface area contributed by atoms with Gasteiger partial charge >= 0.3 is 0 Å². The first-order chi connectivity index (χ1) is 12.9. The number of hydrogen-bond donors (Lipinski definition) is 2.